The molecule has 0 radical (unpaired) electrons. The Balaban J connectivity index is 1.09. The van der Waals surface area contributed by atoms with Crippen molar-refractivity contribution in [2.45, 2.75) is 0 Å². The van der Waals surface area contributed by atoms with Gasteiger partial charge in [-0.25, -0.2) is 9.97 Å². The number of benzene rings is 9. The van der Waals surface area contributed by atoms with E-state index in [1.165, 1.54) is 32.3 Å². The third-order valence-corrected chi connectivity index (χ3v) is 11.4. The molecule has 0 N–H and O–H groups in total. The molecular formula is C52H30N2O. The van der Waals surface area contributed by atoms with Gasteiger partial charge in [0.25, 0.3) is 0 Å². The third-order valence-electron chi connectivity index (χ3n) is 11.4. The quantitative estimate of drug-likeness (QED) is 0.136. The lowest BCUT2D eigenvalue weighted by atomic mass is 9.92. The molecule has 0 spiro atoms. The van der Waals surface area contributed by atoms with Crippen LogP contribution in [0.2, 0.25) is 0 Å². The van der Waals surface area contributed by atoms with E-state index in [4.69, 9.17) is 14.4 Å². The largest absolute Gasteiger partial charge is 0.455 e. The van der Waals surface area contributed by atoms with Crippen molar-refractivity contribution in [3.8, 4) is 33.6 Å². The van der Waals surface area contributed by atoms with Gasteiger partial charge in [-0.3, -0.25) is 0 Å². The molecule has 3 aromatic heterocycles. The molecule has 12 aromatic rings. The summed E-state index contributed by atoms with van der Waals surface area (Å²) in [7, 11) is 0. The monoisotopic (exact) mass is 698 g/mol. The van der Waals surface area contributed by atoms with E-state index in [9.17, 15) is 0 Å². The smallest absolute Gasteiger partial charge is 0.144 e. The maximum absolute atomic E-state index is 6.63. The Hall–Kier alpha value is -7.36. The Bertz CT molecular complexity index is 3550. The molecule has 0 aliphatic heterocycles. The second kappa shape index (κ2) is 11.6. The van der Waals surface area contributed by atoms with Crippen molar-refractivity contribution in [2.75, 3.05) is 0 Å². The van der Waals surface area contributed by atoms with Crippen molar-refractivity contribution >= 4 is 86.8 Å². The van der Waals surface area contributed by atoms with Gasteiger partial charge in [0.2, 0.25) is 0 Å². The van der Waals surface area contributed by atoms with E-state index < -0.39 is 0 Å². The van der Waals surface area contributed by atoms with Gasteiger partial charge in [0.1, 0.15) is 11.2 Å². The molecule has 12 rings (SSSR count). The molecule has 0 atom stereocenters. The van der Waals surface area contributed by atoms with Gasteiger partial charge < -0.3 is 4.42 Å². The Kier molecular flexibility index (Phi) is 6.34. The summed E-state index contributed by atoms with van der Waals surface area (Å²) in [5.74, 6) is 0. The molecule has 3 heterocycles. The van der Waals surface area contributed by atoms with Gasteiger partial charge in [0.05, 0.1) is 22.4 Å². The number of hydrogen-bond acceptors (Lipinski definition) is 3. The van der Waals surface area contributed by atoms with Gasteiger partial charge in [0, 0.05) is 54.2 Å². The molecule has 0 saturated heterocycles. The fourth-order valence-electron chi connectivity index (χ4n) is 8.79. The van der Waals surface area contributed by atoms with E-state index in [1.54, 1.807) is 0 Å². The number of aromatic nitrogens is 2. The summed E-state index contributed by atoms with van der Waals surface area (Å²) in [6.07, 6.45) is 0. The molecule has 55 heavy (non-hydrogen) atoms. The number of hydrogen-bond donors (Lipinski definition) is 0. The Labute approximate surface area is 315 Å². The fraction of sp³-hybridized carbons (Fsp3) is 0. The highest BCUT2D eigenvalue weighted by molar-refractivity contribution is 6.26. The highest BCUT2D eigenvalue weighted by Gasteiger charge is 2.19. The Morgan fingerprint density at radius 2 is 0.909 bits per heavy atom. The molecule has 9 aromatic carbocycles. The number of rotatable bonds is 3. The second-order valence-corrected chi connectivity index (χ2v) is 14.5. The highest BCUT2D eigenvalue weighted by atomic mass is 16.3. The summed E-state index contributed by atoms with van der Waals surface area (Å²) < 4.78 is 6.63. The molecule has 0 amide bonds. The minimum Gasteiger partial charge on any atom is -0.455 e. The lowest BCUT2D eigenvalue weighted by Gasteiger charge is -2.15. The average Bonchev–Trinajstić information content (AvgIpc) is 3.64. The van der Waals surface area contributed by atoms with Crippen LogP contribution >= 0.6 is 0 Å². The van der Waals surface area contributed by atoms with E-state index in [0.29, 0.717) is 0 Å². The SMILES string of the molecule is c1ccc(-c2nc3cc(-c4cccc(-c5nc6cc7ccccc7cc6c6c5ccc5ccccc56)c4)ccc3c3c2ccc2c4ccccc4oc23)cc1. The van der Waals surface area contributed by atoms with Crippen molar-refractivity contribution < 1.29 is 4.42 Å². The van der Waals surface area contributed by atoms with Gasteiger partial charge in [-0.05, 0) is 69.1 Å². The number of furan rings is 1. The normalized spacial score (nSPS) is 12.0. The number of para-hydroxylation sites is 1. The van der Waals surface area contributed by atoms with E-state index in [-0.39, 0.29) is 0 Å². The van der Waals surface area contributed by atoms with Crippen molar-refractivity contribution in [2.24, 2.45) is 0 Å². The first kappa shape index (κ1) is 30.1. The summed E-state index contributed by atoms with van der Waals surface area (Å²) >= 11 is 0. The summed E-state index contributed by atoms with van der Waals surface area (Å²) in [6.45, 7) is 0. The number of pyridine rings is 2. The minimum absolute atomic E-state index is 0.890. The Morgan fingerprint density at radius 1 is 0.309 bits per heavy atom. The van der Waals surface area contributed by atoms with Crippen LogP contribution in [0, 0.1) is 0 Å². The van der Waals surface area contributed by atoms with Crippen molar-refractivity contribution in [1.29, 1.82) is 0 Å². The molecule has 0 aliphatic carbocycles. The highest BCUT2D eigenvalue weighted by Crippen LogP contribution is 2.43. The summed E-state index contributed by atoms with van der Waals surface area (Å²) in [5.41, 5.74) is 9.99. The predicted molar refractivity (Wildman–Crippen MR) is 231 cm³/mol. The van der Waals surface area contributed by atoms with Crippen molar-refractivity contribution in [3.05, 3.63) is 182 Å². The predicted octanol–water partition coefficient (Wildman–Crippen LogP) is 14.3. The summed E-state index contributed by atoms with van der Waals surface area (Å²) in [5, 5.41) is 13.9. The molecule has 0 unspecified atom stereocenters. The standard InChI is InChI=1S/C52H30N2O/c1-2-12-32(13-3-1)50-43-26-25-40-39-19-8-9-20-47(39)55-52(40)49(43)41-23-22-36(30-45(41)53-50)33-16-10-17-37(27-33)51-42-24-21-31-11-6-7-18-38(31)48(42)44-28-34-14-4-5-15-35(34)29-46(44)54-51/h1-30H. The van der Waals surface area contributed by atoms with Crippen LogP contribution < -0.4 is 0 Å². The van der Waals surface area contributed by atoms with Crippen LogP contribution in [0.3, 0.4) is 0 Å². The minimum atomic E-state index is 0.890. The van der Waals surface area contributed by atoms with Gasteiger partial charge in [-0.1, -0.05) is 146 Å². The zero-order valence-corrected chi connectivity index (χ0v) is 29.6. The molecule has 0 bridgehead atoms. The molecule has 254 valence electrons. The molecule has 0 aliphatic rings. The third kappa shape index (κ3) is 4.57. The van der Waals surface area contributed by atoms with Crippen LogP contribution in [0.25, 0.3) is 120 Å². The molecule has 3 heteroatoms. The van der Waals surface area contributed by atoms with Gasteiger partial charge in [0.15, 0.2) is 0 Å². The molecule has 0 fully saturated rings. The van der Waals surface area contributed by atoms with Crippen LogP contribution in [0.4, 0.5) is 0 Å². The van der Waals surface area contributed by atoms with Crippen LogP contribution in [0.5, 0.6) is 0 Å². The summed E-state index contributed by atoms with van der Waals surface area (Å²) in [6, 6.07) is 64.9. The van der Waals surface area contributed by atoms with E-state index in [2.05, 4.69) is 164 Å². The zero-order valence-electron chi connectivity index (χ0n) is 29.6. The van der Waals surface area contributed by atoms with Crippen LogP contribution in [0.15, 0.2) is 186 Å². The van der Waals surface area contributed by atoms with Crippen LogP contribution in [0.1, 0.15) is 0 Å². The lowest BCUT2D eigenvalue weighted by molar-refractivity contribution is 0.673. The molecule has 3 nitrogen and oxygen atoms in total. The topological polar surface area (TPSA) is 38.9 Å². The van der Waals surface area contributed by atoms with E-state index >= 15 is 0 Å². The fourth-order valence-corrected chi connectivity index (χ4v) is 8.79. The zero-order chi connectivity index (χ0) is 36.0. The maximum Gasteiger partial charge on any atom is 0.144 e. The average molecular weight is 699 g/mol. The van der Waals surface area contributed by atoms with Crippen LogP contribution in [-0.4, -0.2) is 9.97 Å². The van der Waals surface area contributed by atoms with Gasteiger partial charge in [-0.15, -0.1) is 0 Å². The molecular weight excluding hydrogens is 669 g/mol. The van der Waals surface area contributed by atoms with Gasteiger partial charge in [-0.2, -0.15) is 0 Å². The first-order chi connectivity index (χ1) is 27.2. The Morgan fingerprint density at radius 3 is 1.78 bits per heavy atom. The first-order valence-corrected chi connectivity index (χ1v) is 18.7. The molecule has 0 saturated carbocycles. The van der Waals surface area contributed by atoms with Crippen molar-refractivity contribution in [1.82, 2.24) is 9.97 Å². The van der Waals surface area contributed by atoms with E-state index in [1.807, 2.05) is 18.2 Å². The number of nitrogens with zero attached hydrogens (tertiary/aromatic N) is 2. The number of fused-ring (bicyclic) bond motifs is 13. The second-order valence-electron chi connectivity index (χ2n) is 14.5. The van der Waals surface area contributed by atoms with E-state index in [0.717, 1.165) is 88.2 Å². The van der Waals surface area contributed by atoms with Crippen molar-refractivity contribution in [3.63, 3.8) is 0 Å². The first-order valence-electron chi connectivity index (χ1n) is 18.7. The van der Waals surface area contributed by atoms with Crippen LogP contribution in [-0.2, 0) is 0 Å². The van der Waals surface area contributed by atoms with Gasteiger partial charge >= 0.3 is 0 Å². The maximum atomic E-state index is 6.63. The summed E-state index contributed by atoms with van der Waals surface area (Å²) in [4.78, 5) is 10.8. The lowest BCUT2D eigenvalue weighted by Crippen LogP contribution is -1.93.